The summed E-state index contributed by atoms with van der Waals surface area (Å²) in [7, 11) is 0. The number of rotatable bonds is 6. The molecule has 0 heterocycles. The fourth-order valence-electron chi connectivity index (χ4n) is 1.51. The lowest BCUT2D eigenvalue weighted by atomic mass is 10.0. The van der Waals surface area contributed by atoms with Crippen LogP contribution in [0, 0.1) is 0 Å². The van der Waals surface area contributed by atoms with E-state index in [4.69, 9.17) is 0 Å². The van der Waals surface area contributed by atoms with E-state index in [1.165, 1.54) is 5.56 Å². The Morgan fingerprint density at radius 1 is 1.33 bits per heavy atom. The molecule has 1 atom stereocenters. The number of carbonyl (C=O) groups excluding carboxylic acids is 1. The fourth-order valence-corrected chi connectivity index (χ4v) is 2.40. The Bertz CT molecular complexity index is 397. The maximum absolute atomic E-state index is 11.7. The Hall–Kier alpha value is -1.22. The number of benzene rings is 1. The molecule has 0 saturated carbocycles. The van der Waals surface area contributed by atoms with Gasteiger partial charge in [0.1, 0.15) is 0 Å². The second-order valence-corrected chi connectivity index (χ2v) is 5.93. The lowest BCUT2D eigenvalue weighted by molar-refractivity contribution is -0.120. The average Bonchev–Trinajstić information content (AvgIpc) is 2.36. The molecule has 0 bridgehead atoms. The fraction of sp³-hybridized carbons (Fsp3) is 0.400. The van der Waals surface area contributed by atoms with Gasteiger partial charge in [-0.1, -0.05) is 32.1 Å². The van der Waals surface area contributed by atoms with E-state index in [1.807, 2.05) is 6.92 Å². The maximum Gasteiger partial charge on any atom is 0.233 e. The van der Waals surface area contributed by atoms with Gasteiger partial charge in [-0.15, -0.1) is 18.3 Å². The van der Waals surface area contributed by atoms with Crippen LogP contribution in [-0.2, 0) is 4.79 Å². The highest BCUT2D eigenvalue weighted by molar-refractivity contribution is 8.00. The minimum atomic E-state index is -0.0881. The van der Waals surface area contributed by atoms with Gasteiger partial charge < -0.3 is 5.32 Å². The van der Waals surface area contributed by atoms with Crippen LogP contribution in [0.25, 0.3) is 0 Å². The third-order valence-corrected chi connectivity index (χ3v) is 3.76. The third-order valence-electron chi connectivity index (χ3n) is 2.65. The van der Waals surface area contributed by atoms with Gasteiger partial charge in [-0.3, -0.25) is 4.79 Å². The Balaban J connectivity index is 2.56. The molecule has 1 aromatic carbocycles. The lowest BCUT2D eigenvalue weighted by Crippen LogP contribution is -2.30. The van der Waals surface area contributed by atoms with Crippen LogP contribution in [0.1, 0.15) is 32.3 Å². The monoisotopic (exact) mass is 263 g/mol. The molecule has 18 heavy (non-hydrogen) atoms. The Labute approximate surface area is 114 Å². The van der Waals surface area contributed by atoms with Crippen LogP contribution in [0.2, 0.25) is 0 Å². The van der Waals surface area contributed by atoms with Gasteiger partial charge in [-0.2, -0.15) is 0 Å². The summed E-state index contributed by atoms with van der Waals surface area (Å²) in [5.41, 5.74) is 1.32. The van der Waals surface area contributed by atoms with E-state index in [1.54, 1.807) is 17.8 Å². The second-order valence-electron chi connectivity index (χ2n) is 4.52. The van der Waals surface area contributed by atoms with Crippen molar-refractivity contribution in [1.82, 2.24) is 5.32 Å². The lowest BCUT2D eigenvalue weighted by Gasteiger charge is -2.12. The first-order valence-corrected chi connectivity index (χ1v) is 7.07. The molecule has 0 aliphatic carbocycles. The smallest absolute Gasteiger partial charge is 0.233 e. The molecule has 1 rings (SSSR count). The van der Waals surface area contributed by atoms with Gasteiger partial charge in [0.2, 0.25) is 5.91 Å². The zero-order chi connectivity index (χ0) is 13.5. The molecule has 0 fully saturated rings. The van der Waals surface area contributed by atoms with Crippen LogP contribution in [0.4, 0.5) is 0 Å². The molecule has 2 nitrogen and oxygen atoms in total. The van der Waals surface area contributed by atoms with E-state index in [-0.39, 0.29) is 11.2 Å². The Morgan fingerprint density at radius 2 is 1.94 bits per heavy atom. The molecule has 1 unspecified atom stereocenters. The van der Waals surface area contributed by atoms with E-state index < -0.39 is 0 Å². The molecule has 0 radical (unpaired) electrons. The summed E-state index contributed by atoms with van der Waals surface area (Å²) in [4.78, 5) is 12.8. The molecular weight excluding hydrogens is 242 g/mol. The van der Waals surface area contributed by atoms with Gasteiger partial charge in [0.15, 0.2) is 0 Å². The first-order valence-electron chi connectivity index (χ1n) is 6.19. The number of hydrogen-bond donors (Lipinski definition) is 1. The summed E-state index contributed by atoms with van der Waals surface area (Å²) in [5.74, 6) is 0.588. The topological polar surface area (TPSA) is 29.1 Å². The van der Waals surface area contributed by atoms with Gasteiger partial charge in [-0.05, 0) is 30.5 Å². The SMILES string of the molecule is C=CCNC(=O)C(C)Sc1ccc(C(C)C)cc1. The number of amides is 1. The van der Waals surface area contributed by atoms with Crippen molar-refractivity contribution in [3.8, 4) is 0 Å². The summed E-state index contributed by atoms with van der Waals surface area (Å²) >= 11 is 1.58. The zero-order valence-corrected chi connectivity index (χ0v) is 12.1. The van der Waals surface area contributed by atoms with E-state index in [0.717, 1.165) is 4.90 Å². The Morgan fingerprint density at radius 3 is 2.44 bits per heavy atom. The maximum atomic E-state index is 11.7. The molecule has 0 saturated heterocycles. The average molecular weight is 263 g/mol. The zero-order valence-electron chi connectivity index (χ0n) is 11.3. The highest BCUT2D eigenvalue weighted by Crippen LogP contribution is 2.25. The second kappa shape index (κ2) is 7.27. The predicted octanol–water partition coefficient (Wildman–Crippen LogP) is 3.59. The molecule has 98 valence electrons. The van der Waals surface area contributed by atoms with Crippen molar-refractivity contribution in [2.24, 2.45) is 0 Å². The predicted molar refractivity (Wildman–Crippen MR) is 79.1 cm³/mol. The van der Waals surface area contributed by atoms with Crippen molar-refractivity contribution in [1.29, 1.82) is 0 Å². The summed E-state index contributed by atoms with van der Waals surface area (Å²) in [6.07, 6.45) is 1.69. The van der Waals surface area contributed by atoms with Crippen LogP contribution in [0.15, 0.2) is 41.8 Å². The minimum absolute atomic E-state index is 0.0489. The van der Waals surface area contributed by atoms with E-state index in [2.05, 4.69) is 50.0 Å². The van der Waals surface area contributed by atoms with Gasteiger partial charge >= 0.3 is 0 Å². The molecule has 0 aliphatic heterocycles. The molecule has 1 N–H and O–H groups in total. The van der Waals surface area contributed by atoms with Crippen LogP contribution in [0.5, 0.6) is 0 Å². The first-order chi connectivity index (χ1) is 8.54. The number of thioether (sulfide) groups is 1. The normalized spacial score (nSPS) is 12.2. The van der Waals surface area contributed by atoms with Crippen LogP contribution in [0.3, 0.4) is 0 Å². The molecular formula is C15H21NOS. The van der Waals surface area contributed by atoms with Gasteiger partial charge in [0, 0.05) is 11.4 Å². The van der Waals surface area contributed by atoms with E-state index in [9.17, 15) is 4.79 Å². The van der Waals surface area contributed by atoms with Crippen LogP contribution >= 0.6 is 11.8 Å². The first kappa shape index (κ1) is 14.8. The summed E-state index contributed by atoms with van der Waals surface area (Å²) in [6, 6.07) is 8.41. The van der Waals surface area contributed by atoms with Crippen molar-refractivity contribution >= 4 is 17.7 Å². The van der Waals surface area contributed by atoms with Crippen molar-refractivity contribution in [2.75, 3.05) is 6.54 Å². The standard InChI is InChI=1S/C15H21NOS/c1-5-10-16-15(17)12(4)18-14-8-6-13(7-9-14)11(2)3/h5-9,11-12H,1,10H2,2-4H3,(H,16,17). The molecule has 0 aromatic heterocycles. The van der Waals surface area contributed by atoms with Crippen molar-refractivity contribution < 1.29 is 4.79 Å². The van der Waals surface area contributed by atoms with Crippen LogP contribution < -0.4 is 5.32 Å². The molecule has 0 aliphatic rings. The summed E-state index contributed by atoms with van der Waals surface area (Å²) in [5, 5.41) is 2.72. The van der Waals surface area contributed by atoms with E-state index >= 15 is 0 Å². The number of carbonyl (C=O) groups is 1. The molecule has 1 amide bonds. The van der Waals surface area contributed by atoms with Crippen molar-refractivity contribution in [3.05, 3.63) is 42.5 Å². The van der Waals surface area contributed by atoms with E-state index in [0.29, 0.717) is 12.5 Å². The highest BCUT2D eigenvalue weighted by Gasteiger charge is 2.13. The van der Waals surface area contributed by atoms with Gasteiger partial charge in [0.25, 0.3) is 0 Å². The summed E-state index contributed by atoms with van der Waals surface area (Å²) in [6.45, 7) is 10.4. The summed E-state index contributed by atoms with van der Waals surface area (Å²) < 4.78 is 0. The largest absolute Gasteiger partial charge is 0.352 e. The van der Waals surface area contributed by atoms with Crippen molar-refractivity contribution in [3.63, 3.8) is 0 Å². The highest BCUT2D eigenvalue weighted by atomic mass is 32.2. The van der Waals surface area contributed by atoms with Crippen LogP contribution in [-0.4, -0.2) is 17.7 Å². The molecule has 3 heteroatoms. The van der Waals surface area contributed by atoms with Gasteiger partial charge in [-0.25, -0.2) is 0 Å². The molecule has 0 spiro atoms. The van der Waals surface area contributed by atoms with Gasteiger partial charge in [0.05, 0.1) is 5.25 Å². The minimum Gasteiger partial charge on any atom is -0.352 e. The quantitative estimate of drug-likeness (QED) is 0.627. The third kappa shape index (κ3) is 4.57. The molecule has 1 aromatic rings. The Kier molecular flexibility index (Phi) is 5.99. The number of nitrogens with one attached hydrogen (secondary N) is 1. The van der Waals surface area contributed by atoms with Crippen molar-refractivity contribution in [2.45, 2.75) is 36.8 Å². The number of hydrogen-bond acceptors (Lipinski definition) is 2.